The van der Waals surface area contributed by atoms with Gasteiger partial charge in [0.2, 0.25) is 0 Å². The van der Waals surface area contributed by atoms with Gasteiger partial charge in [-0.05, 0) is 31.6 Å². The molecule has 1 N–H and O–H groups in total. The third kappa shape index (κ3) is 3.55. The predicted octanol–water partition coefficient (Wildman–Crippen LogP) is 3.16. The molecule has 108 valence electrons. The molecule has 0 radical (unpaired) electrons. The van der Waals surface area contributed by atoms with Gasteiger partial charge in [-0.2, -0.15) is 0 Å². The molecular weight excluding hydrogens is 287 g/mol. The molecule has 0 aliphatic rings. The van der Waals surface area contributed by atoms with Gasteiger partial charge in [0.15, 0.2) is 17.5 Å². The average Bonchev–Trinajstić information content (AvgIpc) is 2.89. The molecule has 0 amide bonds. The van der Waals surface area contributed by atoms with Crippen molar-refractivity contribution in [2.75, 3.05) is 13.1 Å². The Morgan fingerprint density at radius 1 is 1.15 bits per heavy atom. The fraction of sp³-hybridized carbons (Fsp3) is 0.385. The predicted molar refractivity (Wildman–Crippen MR) is 72.1 cm³/mol. The zero-order chi connectivity index (χ0) is 14.5. The van der Waals surface area contributed by atoms with Crippen LogP contribution in [-0.2, 0) is 6.42 Å². The topological polar surface area (TPSA) is 37.8 Å². The number of nitrogens with zero attached hydrogens (tertiary/aromatic N) is 2. The molecule has 0 aliphatic carbocycles. The standard InChI is InChI=1S/C13H14F3N3S/c1-2-17-5-3-4-11-18-19-13(20-11)8-6-9(14)12(16)10(15)7-8/h6-7,17H,2-5H2,1H3. The highest BCUT2D eigenvalue weighted by molar-refractivity contribution is 7.14. The minimum atomic E-state index is -1.47. The lowest BCUT2D eigenvalue weighted by atomic mass is 10.2. The van der Waals surface area contributed by atoms with E-state index in [2.05, 4.69) is 15.5 Å². The summed E-state index contributed by atoms with van der Waals surface area (Å²) in [7, 11) is 0. The molecule has 2 aromatic rings. The second kappa shape index (κ2) is 6.81. The number of rotatable bonds is 6. The summed E-state index contributed by atoms with van der Waals surface area (Å²) in [6, 6.07) is 1.86. The van der Waals surface area contributed by atoms with Crippen LogP contribution in [0.5, 0.6) is 0 Å². The van der Waals surface area contributed by atoms with E-state index in [1.807, 2.05) is 6.92 Å². The van der Waals surface area contributed by atoms with Crippen molar-refractivity contribution >= 4 is 11.3 Å². The molecule has 0 spiro atoms. The second-order valence-corrected chi connectivity index (χ2v) is 5.27. The molecule has 0 unspecified atom stereocenters. The van der Waals surface area contributed by atoms with Crippen molar-refractivity contribution in [2.45, 2.75) is 19.8 Å². The van der Waals surface area contributed by atoms with Gasteiger partial charge in [0.25, 0.3) is 0 Å². The Hall–Kier alpha value is -1.47. The number of aromatic nitrogens is 2. The van der Waals surface area contributed by atoms with Gasteiger partial charge >= 0.3 is 0 Å². The van der Waals surface area contributed by atoms with E-state index in [9.17, 15) is 13.2 Å². The number of halogens is 3. The van der Waals surface area contributed by atoms with Crippen LogP contribution < -0.4 is 5.32 Å². The normalized spacial score (nSPS) is 11.0. The third-order valence-corrected chi connectivity index (χ3v) is 3.72. The first-order valence-electron chi connectivity index (χ1n) is 6.29. The fourth-order valence-electron chi connectivity index (χ4n) is 1.69. The van der Waals surface area contributed by atoms with Crippen molar-refractivity contribution < 1.29 is 13.2 Å². The molecule has 0 fully saturated rings. The maximum absolute atomic E-state index is 13.2. The maximum atomic E-state index is 13.2. The van der Waals surface area contributed by atoms with Gasteiger partial charge in [-0.15, -0.1) is 10.2 Å². The Kier molecular flexibility index (Phi) is 5.08. The molecule has 1 heterocycles. The van der Waals surface area contributed by atoms with E-state index in [4.69, 9.17) is 0 Å². The second-order valence-electron chi connectivity index (χ2n) is 4.21. The van der Waals surface area contributed by atoms with Gasteiger partial charge in [0.05, 0.1) is 0 Å². The molecule has 0 saturated carbocycles. The van der Waals surface area contributed by atoms with Crippen LogP contribution in [0.2, 0.25) is 0 Å². The van der Waals surface area contributed by atoms with E-state index in [1.165, 1.54) is 11.3 Å². The van der Waals surface area contributed by atoms with Gasteiger partial charge in [-0.3, -0.25) is 0 Å². The zero-order valence-electron chi connectivity index (χ0n) is 10.9. The number of hydrogen-bond acceptors (Lipinski definition) is 4. The Bertz CT molecular complexity index is 563. The smallest absolute Gasteiger partial charge is 0.194 e. The van der Waals surface area contributed by atoms with Crippen LogP contribution in [-0.4, -0.2) is 23.3 Å². The first kappa shape index (κ1) is 14.9. The Balaban J connectivity index is 2.08. The van der Waals surface area contributed by atoms with Crippen LogP contribution in [0.25, 0.3) is 10.6 Å². The molecule has 20 heavy (non-hydrogen) atoms. The quantitative estimate of drug-likeness (QED) is 0.658. The van der Waals surface area contributed by atoms with Crippen molar-refractivity contribution in [1.82, 2.24) is 15.5 Å². The van der Waals surface area contributed by atoms with Gasteiger partial charge in [0.1, 0.15) is 10.0 Å². The molecule has 0 bridgehead atoms. The van der Waals surface area contributed by atoms with E-state index in [-0.39, 0.29) is 5.56 Å². The summed E-state index contributed by atoms with van der Waals surface area (Å²) in [5.74, 6) is -3.91. The first-order valence-corrected chi connectivity index (χ1v) is 7.11. The Labute approximate surface area is 118 Å². The van der Waals surface area contributed by atoms with Crippen LogP contribution in [0, 0.1) is 17.5 Å². The van der Waals surface area contributed by atoms with Crippen molar-refractivity contribution in [3.8, 4) is 10.6 Å². The van der Waals surface area contributed by atoms with E-state index in [0.29, 0.717) is 5.01 Å². The summed E-state index contributed by atoms with van der Waals surface area (Å²) in [6.45, 7) is 3.82. The molecule has 2 rings (SSSR count). The summed E-state index contributed by atoms with van der Waals surface area (Å²) in [5, 5.41) is 12.2. The maximum Gasteiger partial charge on any atom is 0.194 e. The summed E-state index contributed by atoms with van der Waals surface area (Å²) in [6.07, 6.45) is 1.66. The highest BCUT2D eigenvalue weighted by Gasteiger charge is 2.14. The molecule has 0 atom stereocenters. The van der Waals surface area contributed by atoms with E-state index in [1.54, 1.807) is 0 Å². The molecule has 1 aromatic carbocycles. The highest BCUT2D eigenvalue weighted by Crippen LogP contribution is 2.26. The molecule has 1 aromatic heterocycles. The Morgan fingerprint density at radius 2 is 1.85 bits per heavy atom. The number of aryl methyl sites for hydroxylation is 1. The molecule has 0 saturated heterocycles. The molecule has 0 aliphatic heterocycles. The average molecular weight is 301 g/mol. The van der Waals surface area contributed by atoms with Gasteiger partial charge in [-0.1, -0.05) is 18.3 Å². The Morgan fingerprint density at radius 3 is 2.50 bits per heavy atom. The zero-order valence-corrected chi connectivity index (χ0v) is 11.7. The van der Waals surface area contributed by atoms with Crippen LogP contribution in [0.3, 0.4) is 0 Å². The number of nitrogens with one attached hydrogen (secondary N) is 1. The highest BCUT2D eigenvalue weighted by atomic mass is 32.1. The van der Waals surface area contributed by atoms with E-state index >= 15 is 0 Å². The fourth-order valence-corrected chi connectivity index (χ4v) is 2.56. The monoisotopic (exact) mass is 301 g/mol. The SMILES string of the molecule is CCNCCCc1nnc(-c2cc(F)c(F)c(F)c2)s1. The summed E-state index contributed by atoms with van der Waals surface area (Å²) in [4.78, 5) is 0. The van der Waals surface area contributed by atoms with Crippen molar-refractivity contribution in [3.63, 3.8) is 0 Å². The van der Waals surface area contributed by atoms with Gasteiger partial charge < -0.3 is 5.32 Å². The van der Waals surface area contributed by atoms with Crippen LogP contribution in [0.1, 0.15) is 18.4 Å². The summed E-state index contributed by atoms with van der Waals surface area (Å²) in [5.41, 5.74) is 0.205. The summed E-state index contributed by atoms with van der Waals surface area (Å²) >= 11 is 1.26. The number of hydrogen-bond donors (Lipinski definition) is 1. The van der Waals surface area contributed by atoms with E-state index in [0.717, 1.165) is 43.1 Å². The third-order valence-electron chi connectivity index (χ3n) is 2.69. The first-order chi connectivity index (χ1) is 9.61. The molecular formula is C13H14F3N3S. The number of benzene rings is 1. The lowest BCUT2D eigenvalue weighted by molar-refractivity contribution is 0.447. The van der Waals surface area contributed by atoms with Crippen molar-refractivity contribution in [2.24, 2.45) is 0 Å². The van der Waals surface area contributed by atoms with Crippen LogP contribution in [0.15, 0.2) is 12.1 Å². The minimum Gasteiger partial charge on any atom is -0.317 e. The molecule has 3 nitrogen and oxygen atoms in total. The van der Waals surface area contributed by atoms with Gasteiger partial charge in [0, 0.05) is 12.0 Å². The minimum absolute atomic E-state index is 0.205. The van der Waals surface area contributed by atoms with Crippen molar-refractivity contribution in [3.05, 3.63) is 34.6 Å². The van der Waals surface area contributed by atoms with Crippen LogP contribution in [0.4, 0.5) is 13.2 Å². The lowest BCUT2D eigenvalue weighted by Crippen LogP contribution is -2.14. The van der Waals surface area contributed by atoms with Gasteiger partial charge in [-0.25, -0.2) is 13.2 Å². The van der Waals surface area contributed by atoms with Crippen LogP contribution >= 0.6 is 11.3 Å². The van der Waals surface area contributed by atoms with E-state index < -0.39 is 17.5 Å². The molecule has 7 heteroatoms. The van der Waals surface area contributed by atoms with Crippen molar-refractivity contribution in [1.29, 1.82) is 0 Å². The summed E-state index contributed by atoms with van der Waals surface area (Å²) < 4.78 is 39.2. The largest absolute Gasteiger partial charge is 0.317 e. The lowest BCUT2D eigenvalue weighted by Gasteiger charge is -1.99.